The molecule has 1 N–H and O–H groups in total. The van der Waals surface area contributed by atoms with E-state index in [-0.39, 0.29) is 12.5 Å². The van der Waals surface area contributed by atoms with Crippen molar-refractivity contribution in [2.75, 3.05) is 18.4 Å². The smallest absolute Gasteiger partial charge is 0.252 e. The van der Waals surface area contributed by atoms with Crippen LogP contribution in [0.15, 0.2) is 56.4 Å². The Balaban J connectivity index is 1.34. The van der Waals surface area contributed by atoms with Gasteiger partial charge in [-0.15, -0.1) is 21.5 Å². The standard InChI is InChI=1S/C19H20N4O3S4/c24-17(15-8-4-10-23(12-15)30(25,26)16-9-5-11-27-16)20-18-21-22-19(29-18)28-13-14-6-2-1-3-7-14/h1-3,5-7,9,11,15H,4,8,10,12-13H2,(H,20,21,24)/t15-/m1/s1. The van der Waals surface area contributed by atoms with Crippen LogP contribution in [0.4, 0.5) is 5.13 Å². The second-order valence-electron chi connectivity index (χ2n) is 6.77. The highest BCUT2D eigenvalue weighted by Gasteiger charge is 2.34. The van der Waals surface area contributed by atoms with Crippen LogP contribution in [0.25, 0.3) is 0 Å². The molecule has 1 aliphatic heterocycles. The number of carbonyl (C=O) groups is 1. The number of nitrogens with one attached hydrogen (secondary N) is 1. The molecule has 0 bridgehead atoms. The molecule has 0 radical (unpaired) electrons. The average molecular weight is 481 g/mol. The molecule has 3 heterocycles. The van der Waals surface area contributed by atoms with Crippen molar-refractivity contribution in [3.63, 3.8) is 0 Å². The van der Waals surface area contributed by atoms with E-state index in [9.17, 15) is 13.2 Å². The van der Waals surface area contributed by atoms with Crippen molar-refractivity contribution in [1.82, 2.24) is 14.5 Å². The molecule has 1 amide bonds. The van der Waals surface area contributed by atoms with Gasteiger partial charge in [0.2, 0.25) is 11.0 Å². The van der Waals surface area contributed by atoms with Crippen molar-refractivity contribution in [2.45, 2.75) is 27.1 Å². The van der Waals surface area contributed by atoms with Crippen molar-refractivity contribution >= 4 is 55.5 Å². The largest absolute Gasteiger partial charge is 0.300 e. The zero-order valence-electron chi connectivity index (χ0n) is 15.9. The Morgan fingerprint density at radius 3 is 2.80 bits per heavy atom. The first kappa shape index (κ1) is 21.4. The SMILES string of the molecule is O=C(Nc1nnc(SCc2ccccc2)s1)[C@@H]1CCCN(S(=O)(=O)c2cccs2)C1. The summed E-state index contributed by atoms with van der Waals surface area (Å²) in [6.07, 6.45) is 1.30. The number of nitrogens with zero attached hydrogens (tertiary/aromatic N) is 3. The van der Waals surface area contributed by atoms with Crippen LogP contribution in [0.3, 0.4) is 0 Å². The summed E-state index contributed by atoms with van der Waals surface area (Å²) in [5.74, 6) is 0.163. The first-order chi connectivity index (χ1) is 14.5. The predicted octanol–water partition coefficient (Wildman–Crippen LogP) is 3.93. The third-order valence-electron chi connectivity index (χ3n) is 4.69. The van der Waals surface area contributed by atoms with Crippen LogP contribution in [0, 0.1) is 5.92 Å². The normalized spacial score (nSPS) is 17.7. The molecule has 3 aromatic rings. The summed E-state index contributed by atoms with van der Waals surface area (Å²) in [6.45, 7) is 0.615. The number of rotatable bonds is 7. The zero-order valence-corrected chi connectivity index (χ0v) is 19.2. The fourth-order valence-electron chi connectivity index (χ4n) is 3.16. The minimum absolute atomic E-state index is 0.181. The van der Waals surface area contributed by atoms with Gasteiger partial charge in [0, 0.05) is 18.8 Å². The summed E-state index contributed by atoms with van der Waals surface area (Å²) in [5, 5.41) is 13.2. The van der Waals surface area contributed by atoms with E-state index in [0.29, 0.717) is 28.7 Å². The Bertz CT molecular complexity index is 1080. The molecule has 7 nitrogen and oxygen atoms in total. The Labute approximate surface area is 187 Å². The topological polar surface area (TPSA) is 92.3 Å². The molecule has 1 aromatic carbocycles. The lowest BCUT2D eigenvalue weighted by Crippen LogP contribution is -2.43. The molecule has 1 saturated heterocycles. The van der Waals surface area contributed by atoms with E-state index < -0.39 is 15.9 Å². The number of hydrogen-bond acceptors (Lipinski definition) is 8. The molecule has 0 unspecified atom stereocenters. The van der Waals surface area contributed by atoms with Crippen molar-refractivity contribution in [3.05, 3.63) is 53.4 Å². The van der Waals surface area contributed by atoms with Crippen LogP contribution in [-0.2, 0) is 20.6 Å². The number of thioether (sulfide) groups is 1. The molecule has 30 heavy (non-hydrogen) atoms. The number of sulfonamides is 1. The summed E-state index contributed by atoms with van der Waals surface area (Å²) < 4.78 is 28.0. The lowest BCUT2D eigenvalue weighted by atomic mass is 9.99. The number of benzene rings is 1. The Hall–Kier alpha value is -1.79. The number of anilines is 1. The number of hydrogen-bond donors (Lipinski definition) is 1. The minimum Gasteiger partial charge on any atom is -0.300 e. The van der Waals surface area contributed by atoms with Crippen molar-refractivity contribution in [1.29, 1.82) is 0 Å². The van der Waals surface area contributed by atoms with Gasteiger partial charge in [-0.25, -0.2) is 8.42 Å². The molecule has 0 aliphatic carbocycles. The minimum atomic E-state index is -3.54. The van der Waals surface area contributed by atoms with Crippen LogP contribution >= 0.6 is 34.4 Å². The second-order valence-corrected chi connectivity index (χ2v) is 12.1. The molecule has 2 aromatic heterocycles. The Kier molecular flexibility index (Phi) is 6.84. The van der Waals surface area contributed by atoms with Crippen LogP contribution in [-0.4, -0.2) is 41.9 Å². The highest BCUT2D eigenvalue weighted by atomic mass is 32.2. The van der Waals surface area contributed by atoms with Gasteiger partial charge >= 0.3 is 0 Å². The highest BCUT2D eigenvalue weighted by molar-refractivity contribution is 8.00. The van der Waals surface area contributed by atoms with Gasteiger partial charge in [-0.05, 0) is 29.9 Å². The quantitative estimate of drug-likeness (QED) is 0.407. The summed E-state index contributed by atoms with van der Waals surface area (Å²) in [7, 11) is -3.54. The molecular formula is C19H20N4O3S4. The van der Waals surface area contributed by atoms with E-state index in [2.05, 4.69) is 27.6 Å². The number of piperidine rings is 1. The number of aromatic nitrogens is 2. The molecule has 4 rings (SSSR count). The van der Waals surface area contributed by atoms with Crippen LogP contribution in [0.5, 0.6) is 0 Å². The average Bonchev–Trinajstić information content (AvgIpc) is 3.46. The Morgan fingerprint density at radius 2 is 2.03 bits per heavy atom. The van der Waals surface area contributed by atoms with Crippen molar-refractivity contribution in [3.8, 4) is 0 Å². The lowest BCUT2D eigenvalue weighted by Gasteiger charge is -2.30. The molecular weight excluding hydrogens is 461 g/mol. The van der Waals surface area contributed by atoms with E-state index >= 15 is 0 Å². The lowest BCUT2D eigenvalue weighted by molar-refractivity contribution is -0.120. The van der Waals surface area contributed by atoms with E-state index in [1.165, 1.54) is 32.5 Å². The number of thiophene rings is 1. The van der Waals surface area contributed by atoms with Gasteiger partial charge in [0.05, 0.1) is 5.92 Å². The molecule has 1 fully saturated rings. The van der Waals surface area contributed by atoms with E-state index in [1.807, 2.05) is 18.2 Å². The maximum atomic E-state index is 12.7. The summed E-state index contributed by atoms with van der Waals surface area (Å²) in [6, 6.07) is 13.4. The van der Waals surface area contributed by atoms with Gasteiger partial charge < -0.3 is 5.32 Å². The molecule has 1 atom stereocenters. The first-order valence-electron chi connectivity index (χ1n) is 9.37. The van der Waals surface area contributed by atoms with Crippen LogP contribution in [0.2, 0.25) is 0 Å². The molecule has 158 valence electrons. The fourth-order valence-corrected chi connectivity index (χ4v) is 7.54. The summed E-state index contributed by atoms with van der Waals surface area (Å²) in [5.41, 5.74) is 1.19. The number of amides is 1. The molecule has 0 spiro atoms. The van der Waals surface area contributed by atoms with Crippen molar-refractivity contribution < 1.29 is 13.2 Å². The fraction of sp³-hybridized carbons (Fsp3) is 0.316. The van der Waals surface area contributed by atoms with E-state index in [4.69, 9.17) is 0 Å². The Morgan fingerprint density at radius 1 is 1.20 bits per heavy atom. The van der Waals surface area contributed by atoms with Gasteiger partial charge in [0.15, 0.2) is 4.34 Å². The van der Waals surface area contributed by atoms with Crippen LogP contribution < -0.4 is 5.32 Å². The third-order valence-corrected chi connectivity index (χ3v) is 9.97. The number of carbonyl (C=O) groups excluding carboxylic acids is 1. The monoisotopic (exact) mass is 480 g/mol. The zero-order chi connectivity index (χ0) is 21.0. The highest BCUT2D eigenvalue weighted by Crippen LogP contribution is 2.30. The molecule has 11 heteroatoms. The molecule has 1 aliphatic rings. The van der Waals surface area contributed by atoms with Gasteiger partial charge in [-0.1, -0.05) is 59.5 Å². The first-order valence-corrected chi connectivity index (χ1v) is 13.5. The predicted molar refractivity (Wildman–Crippen MR) is 120 cm³/mol. The van der Waals surface area contributed by atoms with Gasteiger partial charge in [-0.3, -0.25) is 4.79 Å². The van der Waals surface area contributed by atoms with E-state index in [1.54, 1.807) is 29.3 Å². The second kappa shape index (κ2) is 9.56. The van der Waals surface area contributed by atoms with Gasteiger partial charge in [0.25, 0.3) is 10.0 Å². The van der Waals surface area contributed by atoms with Gasteiger partial charge in [-0.2, -0.15) is 4.31 Å². The third kappa shape index (κ3) is 5.09. The maximum absolute atomic E-state index is 12.7. The van der Waals surface area contributed by atoms with Crippen LogP contribution in [0.1, 0.15) is 18.4 Å². The van der Waals surface area contributed by atoms with Gasteiger partial charge in [0.1, 0.15) is 4.21 Å². The van der Waals surface area contributed by atoms with E-state index in [0.717, 1.165) is 10.1 Å². The molecule has 0 saturated carbocycles. The summed E-state index contributed by atoms with van der Waals surface area (Å²) >= 11 is 4.09. The summed E-state index contributed by atoms with van der Waals surface area (Å²) in [4.78, 5) is 12.7. The van der Waals surface area contributed by atoms with Crippen molar-refractivity contribution in [2.24, 2.45) is 5.92 Å². The maximum Gasteiger partial charge on any atom is 0.252 e.